The molecule has 0 unspecified atom stereocenters. The Bertz CT molecular complexity index is 584. The number of ether oxygens (including phenoxy) is 1. The highest BCUT2D eigenvalue weighted by Crippen LogP contribution is 2.30. The van der Waals surface area contributed by atoms with Crippen molar-refractivity contribution in [2.75, 3.05) is 13.7 Å². The molecule has 1 N–H and O–H groups in total. The first-order valence-corrected chi connectivity index (χ1v) is 7.47. The Morgan fingerprint density at radius 2 is 2.05 bits per heavy atom. The fraction of sp³-hybridized carbons (Fsp3) is 0.529. The van der Waals surface area contributed by atoms with Crippen LogP contribution < -0.4 is 10.1 Å². The van der Waals surface area contributed by atoms with Crippen LogP contribution in [0.3, 0.4) is 0 Å². The lowest BCUT2D eigenvalue weighted by Crippen LogP contribution is -2.09. The Morgan fingerprint density at radius 1 is 1.30 bits per heavy atom. The minimum atomic E-state index is 0.637. The standard InChI is InChI=1S/C17H26N2O/c1-6-20-14-7-8-17-15(9-14)16(10-18-5)13(4)19(17)11-12(2)3/h7-9,12,18H,6,10-11H2,1-5H3. The molecule has 0 amide bonds. The molecule has 0 radical (unpaired) electrons. The predicted octanol–water partition coefficient (Wildman–Crippen LogP) is 3.72. The number of rotatable bonds is 6. The minimum absolute atomic E-state index is 0.637. The van der Waals surface area contributed by atoms with Gasteiger partial charge in [-0.05, 0) is 50.6 Å². The van der Waals surface area contributed by atoms with Gasteiger partial charge in [-0.2, -0.15) is 0 Å². The van der Waals surface area contributed by atoms with Gasteiger partial charge in [0.15, 0.2) is 0 Å². The third-order valence-corrected chi connectivity index (χ3v) is 3.64. The zero-order valence-electron chi connectivity index (χ0n) is 13.3. The van der Waals surface area contributed by atoms with Gasteiger partial charge >= 0.3 is 0 Å². The number of hydrogen-bond donors (Lipinski definition) is 1. The molecule has 0 fully saturated rings. The third kappa shape index (κ3) is 2.83. The summed E-state index contributed by atoms with van der Waals surface area (Å²) in [5.74, 6) is 1.59. The van der Waals surface area contributed by atoms with E-state index in [9.17, 15) is 0 Å². The van der Waals surface area contributed by atoms with Crippen molar-refractivity contribution in [2.45, 2.75) is 40.8 Å². The van der Waals surface area contributed by atoms with Crippen molar-refractivity contribution in [1.29, 1.82) is 0 Å². The average Bonchev–Trinajstić information content (AvgIpc) is 2.64. The van der Waals surface area contributed by atoms with Gasteiger partial charge in [0.25, 0.3) is 0 Å². The van der Waals surface area contributed by atoms with E-state index in [-0.39, 0.29) is 0 Å². The smallest absolute Gasteiger partial charge is 0.120 e. The van der Waals surface area contributed by atoms with Crippen molar-refractivity contribution in [3.63, 3.8) is 0 Å². The second kappa shape index (κ2) is 6.31. The fourth-order valence-electron chi connectivity index (χ4n) is 2.79. The summed E-state index contributed by atoms with van der Waals surface area (Å²) in [4.78, 5) is 0. The summed E-state index contributed by atoms with van der Waals surface area (Å²) in [6.07, 6.45) is 0. The van der Waals surface area contributed by atoms with E-state index in [1.165, 1.54) is 22.2 Å². The first-order valence-electron chi connectivity index (χ1n) is 7.47. The van der Waals surface area contributed by atoms with Crippen LogP contribution in [0.25, 0.3) is 10.9 Å². The molecule has 0 atom stereocenters. The first kappa shape index (κ1) is 14.9. The molecule has 0 aliphatic carbocycles. The SMILES string of the molecule is CCOc1ccc2c(c1)c(CNC)c(C)n2CC(C)C. The van der Waals surface area contributed by atoms with E-state index in [0.717, 1.165) is 18.8 Å². The van der Waals surface area contributed by atoms with Gasteiger partial charge in [-0.1, -0.05) is 13.8 Å². The van der Waals surface area contributed by atoms with Gasteiger partial charge in [0, 0.05) is 29.7 Å². The maximum absolute atomic E-state index is 5.65. The van der Waals surface area contributed by atoms with E-state index < -0.39 is 0 Å². The normalized spacial score (nSPS) is 11.5. The Morgan fingerprint density at radius 3 is 2.65 bits per heavy atom. The van der Waals surface area contributed by atoms with E-state index in [1.807, 2.05) is 14.0 Å². The van der Waals surface area contributed by atoms with Crippen molar-refractivity contribution in [3.05, 3.63) is 29.5 Å². The number of benzene rings is 1. The molecule has 110 valence electrons. The molecule has 0 saturated heterocycles. The highest BCUT2D eigenvalue weighted by atomic mass is 16.5. The number of hydrogen-bond acceptors (Lipinski definition) is 2. The number of nitrogens with zero attached hydrogens (tertiary/aromatic N) is 1. The van der Waals surface area contributed by atoms with Crippen molar-refractivity contribution in [2.24, 2.45) is 5.92 Å². The molecule has 3 heteroatoms. The zero-order valence-corrected chi connectivity index (χ0v) is 13.3. The van der Waals surface area contributed by atoms with E-state index in [1.54, 1.807) is 0 Å². The number of aromatic nitrogens is 1. The van der Waals surface area contributed by atoms with Gasteiger partial charge in [-0.25, -0.2) is 0 Å². The van der Waals surface area contributed by atoms with Crippen LogP contribution in [0.4, 0.5) is 0 Å². The van der Waals surface area contributed by atoms with Gasteiger partial charge in [-0.3, -0.25) is 0 Å². The quantitative estimate of drug-likeness (QED) is 0.869. The predicted molar refractivity (Wildman–Crippen MR) is 85.4 cm³/mol. The lowest BCUT2D eigenvalue weighted by atomic mass is 10.1. The molecule has 1 aromatic heterocycles. The van der Waals surface area contributed by atoms with Crippen LogP contribution in [0.5, 0.6) is 5.75 Å². The largest absolute Gasteiger partial charge is 0.494 e. The van der Waals surface area contributed by atoms with E-state index in [0.29, 0.717) is 12.5 Å². The number of fused-ring (bicyclic) bond motifs is 1. The Balaban J connectivity index is 2.59. The van der Waals surface area contributed by atoms with Crippen LogP contribution in [0.2, 0.25) is 0 Å². The van der Waals surface area contributed by atoms with Gasteiger partial charge in [0.1, 0.15) is 5.75 Å². The summed E-state index contributed by atoms with van der Waals surface area (Å²) in [6.45, 7) is 11.4. The second-order valence-electron chi connectivity index (χ2n) is 5.71. The summed E-state index contributed by atoms with van der Waals surface area (Å²) in [5, 5.41) is 4.59. The van der Waals surface area contributed by atoms with Crippen LogP contribution in [0.1, 0.15) is 32.0 Å². The topological polar surface area (TPSA) is 26.2 Å². The Hall–Kier alpha value is -1.48. The van der Waals surface area contributed by atoms with E-state index >= 15 is 0 Å². The van der Waals surface area contributed by atoms with Gasteiger partial charge in [0.05, 0.1) is 6.61 Å². The highest BCUT2D eigenvalue weighted by molar-refractivity contribution is 5.87. The fourth-order valence-corrected chi connectivity index (χ4v) is 2.79. The summed E-state index contributed by atoms with van der Waals surface area (Å²) in [7, 11) is 2.00. The van der Waals surface area contributed by atoms with Crippen molar-refractivity contribution >= 4 is 10.9 Å². The molecule has 1 heterocycles. The summed E-state index contributed by atoms with van der Waals surface area (Å²) >= 11 is 0. The van der Waals surface area contributed by atoms with Crippen LogP contribution in [0.15, 0.2) is 18.2 Å². The molecule has 0 spiro atoms. The van der Waals surface area contributed by atoms with Crippen molar-refractivity contribution in [1.82, 2.24) is 9.88 Å². The molecule has 20 heavy (non-hydrogen) atoms. The zero-order chi connectivity index (χ0) is 14.7. The van der Waals surface area contributed by atoms with Gasteiger partial charge in [-0.15, -0.1) is 0 Å². The molecule has 0 aliphatic rings. The van der Waals surface area contributed by atoms with Crippen LogP contribution in [-0.2, 0) is 13.1 Å². The first-order chi connectivity index (χ1) is 9.58. The molecular formula is C17H26N2O. The van der Waals surface area contributed by atoms with Gasteiger partial charge < -0.3 is 14.6 Å². The monoisotopic (exact) mass is 274 g/mol. The van der Waals surface area contributed by atoms with Crippen molar-refractivity contribution in [3.8, 4) is 5.75 Å². The van der Waals surface area contributed by atoms with Crippen LogP contribution in [-0.4, -0.2) is 18.2 Å². The highest BCUT2D eigenvalue weighted by Gasteiger charge is 2.14. The molecule has 2 aromatic rings. The molecular weight excluding hydrogens is 248 g/mol. The number of nitrogens with one attached hydrogen (secondary N) is 1. The Labute approximate surface area is 121 Å². The molecule has 0 bridgehead atoms. The summed E-state index contributed by atoms with van der Waals surface area (Å²) in [5.41, 5.74) is 4.05. The molecule has 3 nitrogen and oxygen atoms in total. The molecule has 1 aromatic carbocycles. The van der Waals surface area contributed by atoms with Gasteiger partial charge in [0.2, 0.25) is 0 Å². The summed E-state index contributed by atoms with van der Waals surface area (Å²) < 4.78 is 8.08. The maximum Gasteiger partial charge on any atom is 0.120 e. The van der Waals surface area contributed by atoms with Crippen LogP contribution in [0, 0.1) is 12.8 Å². The minimum Gasteiger partial charge on any atom is -0.494 e. The van der Waals surface area contributed by atoms with Crippen molar-refractivity contribution < 1.29 is 4.74 Å². The Kier molecular flexibility index (Phi) is 4.71. The third-order valence-electron chi connectivity index (χ3n) is 3.64. The van der Waals surface area contributed by atoms with E-state index in [4.69, 9.17) is 4.74 Å². The van der Waals surface area contributed by atoms with E-state index in [2.05, 4.69) is 48.9 Å². The lowest BCUT2D eigenvalue weighted by molar-refractivity contribution is 0.340. The second-order valence-corrected chi connectivity index (χ2v) is 5.71. The summed E-state index contributed by atoms with van der Waals surface area (Å²) in [6, 6.07) is 6.44. The average molecular weight is 274 g/mol. The maximum atomic E-state index is 5.65. The molecule has 0 saturated carbocycles. The molecule has 2 rings (SSSR count). The molecule has 0 aliphatic heterocycles. The van der Waals surface area contributed by atoms with Crippen LogP contribution >= 0.6 is 0 Å². The lowest BCUT2D eigenvalue weighted by Gasteiger charge is -2.11.